The molecule has 0 unspecified atom stereocenters. The highest BCUT2D eigenvalue weighted by molar-refractivity contribution is 8.13. The second kappa shape index (κ2) is 3.62. The van der Waals surface area contributed by atoms with Crippen LogP contribution in [0.15, 0.2) is 11.1 Å². The molecule has 0 spiro atoms. The highest BCUT2D eigenvalue weighted by atomic mass is 35.7. The van der Waals surface area contributed by atoms with E-state index in [0.29, 0.717) is 5.69 Å². The number of ether oxygens (including phenoxy) is 1. The Hall–Kier alpha value is -1.01. The van der Waals surface area contributed by atoms with E-state index in [1.807, 2.05) is 0 Å². The summed E-state index contributed by atoms with van der Waals surface area (Å²) < 4.78 is 26.5. The largest absolute Gasteiger partial charge is 0.465 e. The van der Waals surface area contributed by atoms with Crippen molar-refractivity contribution in [3.63, 3.8) is 0 Å². The van der Waals surface area contributed by atoms with Crippen molar-refractivity contribution in [1.29, 1.82) is 0 Å². The summed E-state index contributed by atoms with van der Waals surface area (Å²) in [5.74, 6) is -0.733. The van der Waals surface area contributed by atoms with Gasteiger partial charge in [0, 0.05) is 22.6 Å². The predicted molar refractivity (Wildman–Crippen MR) is 49.9 cm³/mol. The van der Waals surface area contributed by atoms with Crippen molar-refractivity contribution in [2.24, 2.45) is 0 Å². The Labute approximate surface area is 85.4 Å². The number of halogens is 1. The molecule has 0 aromatic carbocycles. The molecule has 7 heteroatoms. The SMILES string of the molecule is COC(=O)c1c(S(=O)(=O)Cl)c[nH]c1C. The Morgan fingerprint density at radius 3 is 2.57 bits per heavy atom. The number of esters is 1. The molecule has 0 aliphatic rings. The van der Waals surface area contributed by atoms with E-state index >= 15 is 0 Å². The molecule has 0 atom stereocenters. The number of hydrogen-bond donors (Lipinski definition) is 1. The van der Waals surface area contributed by atoms with Crippen molar-refractivity contribution >= 4 is 25.7 Å². The van der Waals surface area contributed by atoms with E-state index in [9.17, 15) is 13.2 Å². The Morgan fingerprint density at radius 1 is 1.57 bits per heavy atom. The summed E-state index contributed by atoms with van der Waals surface area (Å²) in [6.45, 7) is 1.55. The molecule has 0 radical (unpaired) electrons. The van der Waals surface area contributed by atoms with E-state index in [-0.39, 0.29) is 10.5 Å². The number of rotatable bonds is 2. The summed E-state index contributed by atoms with van der Waals surface area (Å²) in [4.78, 5) is 13.5. The highest BCUT2D eigenvalue weighted by Gasteiger charge is 2.24. The number of hydrogen-bond acceptors (Lipinski definition) is 4. The monoisotopic (exact) mass is 237 g/mol. The number of carbonyl (C=O) groups excluding carboxylic acids is 1. The highest BCUT2D eigenvalue weighted by Crippen LogP contribution is 2.23. The Kier molecular flexibility index (Phi) is 2.86. The van der Waals surface area contributed by atoms with Crippen LogP contribution in [0.5, 0.6) is 0 Å². The maximum atomic E-state index is 11.2. The number of methoxy groups -OCH3 is 1. The van der Waals surface area contributed by atoms with Crippen LogP contribution in [0.1, 0.15) is 16.1 Å². The number of H-pyrrole nitrogens is 1. The lowest BCUT2D eigenvalue weighted by molar-refractivity contribution is 0.0596. The van der Waals surface area contributed by atoms with Gasteiger partial charge in [-0.1, -0.05) is 0 Å². The van der Waals surface area contributed by atoms with Crippen molar-refractivity contribution in [2.75, 3.05) is 7.11 Å². The van der Waals surface area contributed by atoms with Gasteiger partial charge in [-0.25, -0.2) is 13.2 Å². The van der Waals surface area contributed by atoms with Crippen LogP contribution in [-0.2, 0) is 13.8 Å². The van der Waals surface area contributed by atoms with E-state index in [1.165, 1.54) is 7.11 Å². The van der Waals surface area contributed by atoms with E-state index < -0.39 is 15.0 Å². The molecule has 1 rings (SSSR count). The second-order valence-corrected chi connectivity index (χ2v) is 5.12. The molecule has 0 bridgehead atoms. The molecule has 0 aliphatic heterocycles. The van der Waals surface area contributed by atoms with Crippen LogP contribution in [0.2, 0.25) is 0 Å². The molecule has 0 fully saturated rings. The third-order valence-corrected chi connectivity index (χ3v) is 3.04. The third kappa shape index (κ3) is 1.91. The van der Waals surface area contributed by atoms with Crippen molar-refractivity contribution in [3.05, 3.63) is 17.5 Å². The van der Waals surface area contributed by atoms with Gasteiger partial charge in [-0.05, 0) is 6.92 Å². The van der Waals surface area contributed by atoms with Crippen molar-refractivity contribution < 1.29 is 17.9 Å². The van der Waals surface area contributed by atoms with E-state index in [4.69, 9.17) is 10.7 Å². The smallest absolute Gasteiger partial charge is 0.341 e. The van der Waals surface area contributed by atoms with Gasteiger partial charge in [0.25, 0.3) is 9.05 Å². The first-order chi connectivity index (χ1) is 6.38. The molecule has 1 aromatic rings. The lowest BCUT2D eigenvalue weighted by Gasteiger charge is -1.99. The van der Waals surface area contributed by atoms with Crippen LogP contribution >= 0.6 is 10.7 Å². The maximum Gasteiger partial charge on any atom is 0.341 e. The summed E-state index contributed by atoms with van der Waals surface area (Å²) >= 11 is 0. The molecule has 1 aromatic heterocycles. The van der Waals surface area contributed by atoms with Crippen LogP contribution in [0.3, 0.4) is 0 Å². The van der Waals surface area contributed by atoms with Crippen LogP contribution in [-0.4, -0.2) is 26.5 Å². The fourth-order valence-electron chi connectivity index (χ4n) is 1.05. The van der Waals surface area contributed by atoms with Gasteiger partial charge in [0.2, 0.25) is 0 Å². The van der Waals surface area contributed by atoms with Crippen LogP contribution < -0.4 is 0 Å². The number of carbonyl (C=O) groups is 1. The molecule has 0 aliphatic carbocycles. The lowest BCUT2D eigenvalue weighted by Crippen LogP contribution is -2.06. The Balaban J connectivity index is 3.42. The van der Waals surface area contributed by atoms with Gasteiger partial charge in [0.05, 0.1) is 12.7 Å². The minimum Gasteiger partial charge on any atom is -0.465 e. The van der Waals surface area contributed by atoms with Gasteiger partial charge >= 0.3 is 5.97 Å². The first-order valence-electron chi connectivity index (χ1n) is 3.59. The first kappa shape index (κ1) is 11.1. The molecule has 14 heavy (non-hydrogen) atoms. The Morgan fingerprint density at radius 2 is 2.14 bits per heavy atom. The van der Waals surface area contributed by atoms with Crippen molar-refractivity contribution in [2.45, 2.75) is 11.8 Å². The van der Waals surface area contributed by atoms with Crippen molar-refractivity contribution in [3.8, 4) is 0 Å². The summed E-state index contributed by atoms with van der Waals surface area (Å²) in [5, 5.41) is 0. The van der Waals surface area contributed by atoms with E-state index in [1.54, 1.807) is 6.92 Å². The zero-order valence-electron chi connectivity index (χ0n) is 7.50. The molecular formula is C7H8ClNO4S. The molecule has 1 heterocycles. The minimum atomic E-state index is -3.93. The van der Waals surface area contributed by atoms with Crippen LogP contribution in [0.4, 0.5) is 0 Å². The fourth-order valence-corrected chi connectivity index (χ4v) is 2.10. The molecule has 0 amide bonds. The fraction of sp³-hybridized carbons (Fsp3) is 0.286. The van der Waals surface area contributed by atoms with E-state index in [2.05, 4.69) is 9.72 Å². The van der Waals surface area contributed by atoms with Gasteiger partial charge in [-0.2, -0.15) is 0 Å². The third-order valence-electron chi connectivity index (χ3n) is 1.69. The normalized spacial score (nSPS) is 11.4. The van der Waals surface area contributed by atoms with Crippen LogP contribution in [0.25, 0.3) is 0 Å². The molecule has 78 valence electrons. The number of nitrogens with one attached hydrogen (secondary N) is 1. The van der Waals surface area contributed by atoms with Crippen molar-refractivity contribution in [1.82, 2.24) is 4.98 Å². The summed E-state index contributed by atoms with van der Waals surface area (Å²) in [6.07, 6.45) is 1.16. The van der Waals surface area contributed by atoms with Crippen LogP contribution in [0, 0.1) is 6.92 Å². The first-order valence-corrected chi connectivity index (χ1v) is 5.89. The number of aromatic nitrogens is 1. The average Bonchev–Trinajstić information content (AvgIpc) is 2.45. The van der Waals surface area contributed by atoms with Gasteiger partial charge in [0.1, 0.15) is 4.90 Å². The molecule has 1 N–H and O–H groups in total. The topological polar surface area (TPSA) is 76.2 Å². The summed E-state index contributed by atoms with van der Waals surface area (Å²) in [6, 6.07) is 0. The quantitative estimate of drug-likeness (QED) is 0.616. The zero-order chi connectivity index (χ0) is 10.9. The van der Waals surface area contributed by atoms with Gasteiger partial charge in [0.15, 0.2) is 0 Å². The molecule has 0 saturated carbocycles. The summed E-state index contributed by atoms with van der Waals surface area (Å²) in [5.41, 5.74) is 0.346. The number of aryl methyl sites for hydroxylation is 1. The van der Waals surface area contributed by atoms with Gasteiger partial charge < -0.3 is 9.72 Å². The molecular weight excluding hydrogens is 230 g/mol. The average molecular weight is 238 g/mol. The molecule has 0 saturated heterocycles. The minimum absolute atomic E-state index is 0.0532. The molecule has 5 nitrogen and oxygen atoms in total. The zero-order valence-corrected chi connectivity index (χ0v) is 9.07. The maximum absolute atomic E-state index is 11.2. The van der Waals surface area contributed by atoms with E-state index in [0.717, 1.165) is 6.20 Å². The lowest BCUT2D eigenvalue weighted by atomic mass is 10.2. The summed E-state index contributed by atoms with van der Waals surface area (Å²) in [7, 11) is 2.36. The van der Waals surface area contributed by atoms with Gasteiger partial charge in [-0.15, -0.1) is 0 Å². The van der Waals surface area contributed by atoms with Gasteiger partial charge in [-0.3, -0.25) is 0 Å². The second-order valence-electron chi connectivity index (χ2n) is 2.58. The Bertz CT molecular complexity index is 462. The number of aromatic amines is 1. The predicted octanol–water partition coefficient (Wildman–Crippen LogP) is 1.04. The standard InChI is InChI=1S/C7H8ClNO4S/c1-4-6(7(10)13-2)5(3-9-4)14(8,11)12/h3,9H,1-2H3.